The van der Waals surface area contributed by atoms with Crippen LogP contribution in [0.5, 0.6) is 5.75 Å². The molecule has 3 rings (SSSR count). The van der Waals surface area contributed by atoms with Gasteiger partial charge >= 0.3 is 0 Å². The third-order valence-corrected chi connectivity index (χ3v) is 5.23. The second-order valence-corrected chi connectivity index (χ2v) is 6.49. The topological polar surface area (TPSA) is 30.9 Å². The maximum Gasteiger partial charge on any atom is 0.169 e. The number of methoxy groups -OCH3 is 2. The van der Waals surface area contributed by atoms with Crippen molar-refractivity contribution >= 4 is 0 Å². The van der Waals surface area contributed by atoms with Gasteiger partial charge in [-0.2, -0.15) is 0 Å². The van der Waals surface area contributed by atoms with E-state index >= 15 is 0 Å². The van der Waals surface area contributed by atoms with E-state index in [9.17, 15) is 4.39 Å². The Bertz CT molecular complexity index is 529. The highest BCUT2D eigenvalue weighted by Gasteiger charge is 2.44. The van der Waals surface area contributed by atoms with Crippen LogP contribution in [0, 0.1) is 5.82 Å². The highest BCUT2D eigenvalue weighted by Crippen LogP contribution is 2.37. The van der Waals surface area contributed by atoms with E-state index < -0.39 is 0 Å². The number of hydrogen-bond acceptors (Lipinski definition) is 4. The predicted molar refractivity (Wildman–Crippen MR) is 86.2 cm³/mol. The molecule has 0 bridgehead atoms. The molecule has 4 nitrogen and oxygen atoms in total. The van der Waals surface area contributed by atoms with E-state index in [1.54, 1.807) is 13.2 Å². The molecule has 2 heterocycles. The molecular weight excluding hydrogens is 297 g/mol. The monoisotopic (exact) mass is 323 g/mol. The van der Waals surface area contributed by atoms with E-state index in [1.807, 2.05) is 12.1 Å². The molecule has 1 spiro atoms. The van der Waals surface area contributed by atoms with Gasteiger partial charge in [0.15, 0.2) is 11.6 Å². The predicted octanol–water partition coefficient (Wildman–Crippen LogP) is 2.99. The fraction of sp³-hybridized carbons (Fsp3) is 0.667. The Morgan fingerprint density at radius 3 is 2.78 bits per heavy atom. The highest BCUT2D eigenvalue weighted by molar-refractivity contribution is 5.31. The molecule has 0 aromatic heterocycles. The van der Waals surface area contributed by atoms with Crippen molar-refractivity contribution in [2.24, 2.45) is 0 Å². The number of likely N-dealkylation sites (tertiary alicyclic amines) is 1. The summed E-state index contributed by atoms with van der Waals surface area (Å²) in [5, 5.41) is 0. The summed E-state index contributed by atoms with van der Waals surface area (Å²) in [5.74, 6) is 0.0602. The zero-order chi connectivity index (χ0) is 16.3. The Labute approximate surface area is 137 Å². The van der Waals surface area contributed by atoms with Crippen LogP contribution in [0.3, 0.4) is 0 Å². The lowest BCUT2D eigenvalue weighted by Crippen LogP contribution is -2.55. The van der Waals surface area contributed by atoms with Gasteiger partial charge in [0, 0.05) is 38.9 Å². The Balaban J connectivity index is 1.63. The molecule has 2 fully saturated rings. The minimum atomic E-state index is -0.251. The first-order valence-electron chi connectivity index (χ1n) is 8.39. The third kappa shape index (κ3) is 3.37. The van der Waals surface area contributed by atoms with E-state index in [0.717, 1.165) is 45.4 Å². The van der Waals surface area contributed by atoms with Gasteiger partial charge in [0.05, 0.1) is 18.8 Å². The van der Waals surface area contributed by atoms with Gasteiger partial charge in [-0.15, -0.1) is 0 Å². The summed E-state index contributed by atoms with van der Waals surface area (Å²) >= 11 is 0. The van der Waals surface area contributed by atoms with Crippen molar-refractivity contribution in [3.8, 4) is 5.75 Å². The average molecular weight is 323 g/mol. The van der Waals surface area contributed by atoms with Crippen LogP contribution in [0.15, 0.2) is 18.2 Å². The molecule has 5 heteroatoms. The molecule has 128 valence electrons. The molecule has 1 aromatic carbocycles. The fourth-order valence-electron chi connectivity index (χ4n) is 3.87. The van der Waals surface area contributed by atoms with Crippen LogP contribution in [-0.4, -0.2) is 50.5 Å². The van der Waals surface area contributed by atoms with Crippen molar-refractivity contribution in [3.63, 3.8) is 0 Å². The van der Waals surface area contributed by atoms with Gasteiger partial charge in [-0.05, 0) is 31.7 Å². The van der Waals surface area contributed by atoms with Gasteiger partial charge in [0.1, 0.15) is 0 Å². The molecule has 23 heavy (non-hydrogen) atoms. The first-order chi connectivity index (χ1) is 11.2. The number of ether oxygens (including phenoxy) is 3. The summed E-state index contributed by atoms with van der Waals surface area (Å²) in [5.41, 5.74) is 0.546. The van der Waals surface area contributed by atoms with Crippen molar-refractivity contribution in [2.75, 3.05) is 33.9 Å². The first-order valence-corrected chi connectivity index (χ1v) is 8.39. The van der Waals surface area contributed by atoms with Crippen LogP contribution in [0.1, 0.15) is 31.2 Å². The average Bonchev–Trinajstić information content (AvgIpc) is 2.59. The second kappa shape index (κ2) is 7.16. The molecule has 0 radical (unpaired) electrons. The van der Waals surface area contributed by atoms with Gasteiger partial charge in [0.25, 0.3) is 0 Å². The summed E-state index contributed by atoms with van der Waals surface area (Å²) < 4.78 is 31.1. The lowest BCUT2D eigenvalue weighted by Gasteiger charge is -2.48. The summed E-state index contributed by atoms with van der Waals surface area (Å²) in [6.45, 7) is 3.23. The lowest BCUT2D eigenvalue weighted by atomic mass is 9.81. The minimum absolute atomic E-state index is 0.142. The molecule has 0 unspecified atom stereocenters. The summed E-state index contributed by atoms with van der Waals surface area (Å²) in [6.07, 6.45) is 4.21. The molecule has 2 aliphatic rings. The van der Waals surface area contributed by atoms with Crippen LogP contribution in [0.2, 0.25) is 0 Å². The molecule has 1 aromatic rings. The number of halogens is 1. The summed E-state index contributed by atoms with van der Waals surface area (Å²) in [7, 11) is 3.28. The van der Waals surface area contributed by atoms with Gasteiger partial charge in [-0.3, -0.25) is 4.90 Å². The molecule has 0 amide bonds. The van der Waals surface area contributed by atoms with Crippen molar-refractivity contribution in [2.45, 2.75) is 43.9 Å². The van der Waals surface area contributed by atoms with Crippen molar-refractivity contribution in [1.29, 1.82) is 0 Å². The highest BCUT2D eigenvalue weighted by atomic mass is 19.1. The van der Waals surface area contributed by atoms with Crippen molar-refractivity contribution in [3.05, 3.63) is 29.6 Å². The maximum atomic E-state index is 14.3. The zero-order valence-electron chi connectivity index (χ0n) is 14.0. The summed E-state index contributed by atoms with van der Waals surface area (Å²) in [6, 6.07) is 5.33. The van der Waals surface area contributed by atoms with Gasteiger partial charge in [-0.25, -0.2) is 4.39 Å². The smallest absolute Gasteiger partial charge is 0.169 e. The Morgan fingerprint density at radius 2 is 2.09 bits per heavy atom. The normalized spacial score (nSPS) is 24.7. The van der Waals surface area contributed by atoms with E-state index in [4.69, 9.17) is 14.2 Å². The van der Waals surface area contributed by atoms with Crippen LogP contribution in [-0.2, 0) is 16.0 Å². The van der Waals surface area contributed by atoms with Gasteiger partial charge in [-0.1, -0.05) is 12.1 Å². The van der Waals surface area contributed by atoms with Crippen molar-refractivity contribution < 1.29 is 18.6 Å². The Kier molecular flexibility index (Phi) is 5.19. The standard InChI is InChI=1S/C18H26FNO3/c1-21-15-6-3-5-14(17(15)19)13-20-10-8-18(9-11-20)16(22-2)7-4-12-23-18/h3,5-6,16H,4,7-13H2,1-2H3/t16-/m1/s1. The van der Waals surface area contributed by atoms with E-state index in [-0.39, 0.29) is 17.5 Å². The molecule has 0 N–H and O–H groups in total. The number of rotatable bonds is 4. The van der Waals surface area contributed by atoms with E-state index in [0.29, 0.717) is 17.9 Å². The van der Waals surface area contributed by atoms with Crippen LogP contribution in [0.4, 0.5) is 4.39 Å². The SMILES string of the molecule is COc1cccc(CN2CCC3(CC2)OCCC[C@H]3OC)c1F. The molecule has 0 saturated carbocycles. The van der Waals surface area contributed by atoms with E-state index in [2.05, 4.69) is 4.90 Å². The van der Waals surface area contributed by atoms with Gasteiger partial charge in [0.2, 0.25) is 0 Å². The largest absolute Gasteiger partial charge is 0.494 e. The Morgan fingerprint density at radius 1 is 1.30 bits per heavy atom. The molecule has 2 aliphatic heterocycles. The minimum Gasteiger partial charge on any atom is -0.494 e. The van der Waals surface area contributed by atoms with Crippen LogP contribution >= 0.6 is 0 Å². The molecule has 1 atom stereocenters. The van der Waals surface area contributed by atoms with Gasteiger partial charge < -0.3 is 14.2 Å². The summed E-state index contributed by atoms with van der Waals surface area (Å²) in [4.78, 5) is 2.29. The number of benzene rings is 1. The molecular formula is C18H26FNO3. The number of hydrogen-bond donors (Lipinski definition) is 0. The lowest BCUT2D eigenvalue weighted by molar-refractivity contribution is -0.186. The molecule has 0 aliphatic carbocycles. The third-order valence-electron chi connectivity index (χ3n) is 5.23. The second-order valence-electron chi connectivity index (χ2n) is 6.49. The van der Waals surface area contributed by atoms with Crippen molar-refractivity contribution in [1.82, 2.24) is 4.90 Å². The maximum absolute atomic E-state index is 14.3. The Hall–Kier alpha value is -1.17. The zero-order valence-corrected chi connectivity index (χ0v) is 14.0. The first kappa shape index (κ1) is 16.7. The van der Waals surface area contributed by atoms with E-state index in [1.165, 1.54) is 7.11 Å². The molecule has 2 saturated heterocycles. The van der Waals surface area contributed by atoms with Crippen LogP contribution < -0.4 is 4.74 Å². The fourth-order valence-corrected chi connectivity index (χ4v) is 3.87. The number of piperidine rings is 1. The van der Waals surface area contributed by atoms with Crippen LogP contribution in [0.25, 0.3) is 0 Å². The quantitative estimate of drug-likeness (QED) is 0.852. The number of nitrogens with zero attached hydrogens (tertiary/aromatic N) is 1.